The second-order valence-electron chi connectivity index (χ2n) is 6.31. The molecule has 114 valence electrons. The molecule has 1 rings (SSSR count). The first-order chi connectivity index (χ1) is 9.26. The first-order valence-electron chi connectivity index (χ1n) is 7.44. The Morgan fingerprint density at radius 1 is 1.30 bits per heavy atom. The number of hydrogen-bond donors (Lipinski definition) is 1. The van der Waals surface area contributed by atoms with E-state index in [0.717, 1.165) is 34.9 Å². The summed E-state index contributed by atoms with van der Waals surface area (Å²) in [6.07, 6.45) is 1.10. The molecule has 1 aromatic rings. The van der Waals surface area contributed by atoms with E-state index in [4.69, 9.17) is 16.3 Å². The van der Waals surface area contributed by atoms with Gasteiger partial charge in [0, 0.05) is 17.1 Å². The summed E-state index contributed by atoms with van der Waals surface area (Å²) in [7, 11) is 0. The van der Waals surface area contributed by atoms with Crippen molar-refractivity contribution in [1.82, 2.24) is 5.32 Å². The van der Waals surface area contributed by atoms with Gasteiger partial charge >= 0.3 is 0 Å². The van der Waals surface area contributed by atoms with Gasteiger partial charge in [0.1, 0.15) is 12.4 Å². The molecule has 0 spiro atoms. The molecule has 0 fully saturated rings. The molecule has 0 unspecified atom stereocenters. The molecule has 0 amide bonds. The summed E-state index contributed by atoms with van der Waals surface area (Å²) in [5.41, 5.74) is 2.41. The summed E-state index contributed by atoms with van der Waals surface area (Å²) in [4.78, 5) is 0. The third kappa shape index (κ3) is 4.99. The van der Waals surface area contributed by atoms with Gasteiger partial charge in [0.2, 0.25) is 0 Å². The fourth-order valence-electron chi connectivity index (χ4n) is 1.94. The van der Waals surface area contributed by atoms with Crippen LogP contribution in [-0.4, -0.2) is 18.7 Å². The number of ether oxygens (including phenoxy) is 1. The predicted octanol–water partition coefficient (Wildman–Crippen LogP) is 4.93. The topological polar surface area (TPSA) is 21.3 Å². The van der Waals surface area contributed by atoms with Gasteiger partial charge in [0.25, 0.3) is 0 Å². The van der Waals surface area contributed by atoms with E-state index >= 15 is 0 Å². The lowest BCUT2D eigenvalue weighted by Gasteiger charge is -2.24. The summed E-state index contributed by atoms with van der Waals surface area (Å²) >= 11 is 6.27. The monoisotopic (exact) mass is 297 g/mol. The minimum atomic E-state index is 0.168. The van der Waals surface area contributed by atoms with Gasteiger partial charge in [-0.25, -0.2) is 0 Å². The molecule has 1 N–H and O–H groups in total. The van der Waals surface area contributed by atoms with Crippen LogP contribution in [0.2, 0.25) is 5.02 Å². The molecule has 0 aromatic heterocycles. The zero-order valence-corrected chi connectivity index (χ0v) is 14.4. The van der Waals surface area contributed by atoms with E-state index in [1.54, 1.807) is 0 Å². The van der Waals surface area contributed by atoms with Crippen LogP contribution in [0, 0.1) is 6.92 Å². The smallest absolute Gasteiger partial charge is 0.122 e. The van der Waals surface area contributed by atoms with E-state index in [1.165, 1.54) is 0 Å². The van der Waals surface area contributed by atoms with Crippen LogP contribution in [-0.2, 0) is 0 Å². The molecule has 0 atom stereocenters. The van der Waals surface area contributed by atoms with E-state index in [2.05, 4.69) is 46.0 Å². The lowest BCUT2D eigenvalue weighted by atomic mass is 10.0. The maximum absolute atomic E-state index is 6.27. The average Bonchev–Trinajstić information content (AvgIpc) is 2.36. The third-order valence-corrected chi connectivity index (χ3v) is 4.09. The van der Waals surface area contributed by atoms with Crippen LogP contribution in [0.15, 0.2) is 12.1 Å². The van der Waals surface area contributed by atoms with E-state index in [1.807, 2.05) is 13.0 Å². The molecule has 1 aromatic carbocycles. The van der Waals surface area contributed by atoms with Crippen LogP contribution in [0.3, 0.4) is 0 Å². The normalized spacial score (nSPS) is 12.0. The van der Waals surface area contributed by atoms with Gasteiger partial charge in [-0.05, 0) is 56.4 Å². The first kappa shape index (κ1) is 17.3. The fraction of sp³-hybridized carbons (Fsp3) is 0.647. The Balaban J connectivity index is 2.62. The van der Waals surface area contributed by atoms with Gasteiger partial charge in [-0.1, -0.05) is 32.4 Å². The molecule has 20 heavy (non-hydrogen) atoms. The molecular formula is C17H28ClNO. The van der Waals surface area contributed by atoms with Crippen molar-refractivity contribution >= 4 is 11.6 Å². The van der Waals surface area contributed by atoms with Crippen molar-refractivity contribution in [3.63, 3.8) is 0 Å². The Labute approximate surface area is 128 Å². The zero-order valence-electron chi connectivity index (χ0n) is 13.6. The van der Waals surface area contributed by atoms with E-state index in [0.29, 0.717) is 12.5 Å². The highest BCUT2D eigenvalue weighted by Gasteiger charge is 2.13. The highest BCUT2D eigenvalue weighted by molar-refractivity contribution is 6.31. The second-order valence-corrected chi connectivity index (χ2v) is 6.71. The second kappa shape index (κ2) is 7.33. The van der Waals surface area contributed by atoms with Gasteiger partial charge in [-0.15, -0.1) is 0 Å². The molecule has 0 aliphatic heterocycles. The lowest BCUT2D eigenvalue weighted by Crippen LogP contribution is -2.40. The molecular weight excluding hydrogens is 270 g/mol. The fourth-order valence-corrected chi connectivity index (χ4v) is 2.38. The largest absolute Gasteiger partial charge is 0.492 e. The highest BCUT2D eigenvalue weighted by Crippen LogP contribution is 2.31. The van der Waals surface area contributed by atoms with Gasteiger partial charge in [0.05, 0.1) is 0 Å². The van der Waals surface area contributed by atoms with Gasteiger partial charge < -0.3 is 10.1 Å². The standard InChI is InChI=1S/C17H28ClNO/c1-7-17(5,6)19-8-9-20-16-11-14(12(2)3)15(18)10-13(16)4/h10-12,19H,7-9H2,1-6H3. The Bertz CT molecular complexity index is 441. The first-order valence-corrected chi connectivity index (χ1v) is 7.82. The lowest BCUT2D eigenvalue weighted by molar-refractivity contribution is 0.279. The number of hydrogen-bond acceptors (Lipinski definition) is 2. The Morgan fingerprint density at radius 3 is 2.50 bits per heavy atom. The van der Waals surface area contributed by atoms with Crippen molar-refractivity contribution in [3.8, 4) is 5.75 Å². The summed E-state index contributed by atoms with van der Waals surface area (Å²) in [5.74, 6) is 1.34. The Morgan fingerprint density at radius 2 is 1.95 bits per heavy atom. The Kier molecular flexibility index (Phi) is 6.35. The van der Waals surface area contributed by atoms with E-state index in [-0.39, 0.29) is 5.54 Å². The third-order valence-electron chi connectivity index (χ3n) is 3.76. The maximum Gasteiger partial charge on any atom is 0.122 e. The van der Waals surface area contributed by atoms with Crippen LogP contribution in [0.25, 0.3) is 0 Å². The minimum absolute atomic E-state index is 0.168. The average molecular weight is 298 g/mol. The molecule has 3 heteroatoms. The van der Waals surface area contributed by atoms with Crippen molar-refractivity contribution in [1.29, 1.82) is 0 Å². The molecule has 0 bridgehead atoms. The van der Waals surface area contributed by atoms with Crippen LogP contribution in [0.1, 0.15) is 58.1 Å². The van der Waals surface area contributed by atoms with Crippen molar-refractivity contribution in [2.75, 3.05) is 13.2 Å². The van der Waals surface area contributed by atoms with Crippen LogP contribution < -0.4 is 10.1 Å². The summed E-state index contributed by atoms with van der Waals surface area (Å²) in [5, 5.41) is 4.32. The molecule has 0 radical (unpaired) electrons. The van der Waals surface area contributed by atoms with Crippen molar-refractivity contribution in [2.45, 2.75) is 59.4 Å². The van der Waals surface area contributed by atoms with Crippen molar-refractivity contribution < 1.29 is 4.74 Å². The van der Waals surface area contributed by atoms with Crippen LogP contribution in [0.4, 0.5) is 0 Å². The quantitative estimate of drug-likeness (QED) is 0.721. The molecule has 2 nitrogen and oxygen atoms in total. The molecule has 0 aliphatic carbocycles. The molecule has 0 aliphatic rings. The Hall–Kier alpha value is -0.730. The minimum Gasteiger partial charge on any atom is -0.492 e. The zero-order chi connectivity index (χ0) is 15.3. The van der Waals surface area contributed by atoms with E-state index in [9.17, 15) is 0 Å². The van der Waals surface area contributed by atoms with Crippen LogP contribution in [0.5, 0.6) is 5.75 Å². The van der Waals surface area contributed by atoms with Gasteiger partial charge in [0.15, 0.2) is 0 Å². The number of rotatable bonds is 7. The molecule has 0 saturated carbocycles. The number of aryl methyl sites for hydroxylation is 1. The van der Waals surface area contributed by atoms with Gasteiger partial charge in [-0.2, -0.15) is 0 Å². The summed E-state index contributed by atoms with van der Waals surface area (Å²) < 4.78 is 5.90. The van der Waals surface area contributed by atoms with Crippen LogP contribution >= 0.6 is 11.6 Å². The van der Waals surface area contributed by atoms with Gasteiger partial charge in [-0.3, -0.25) is 0 Å². The molecule has 0 heterocycles. The van der Waals surface area contributed by atoms with Crippen molar-refractivity contribution in [3.05, 3.63) is 28.3 Å². The highest BCUT2D eigenvalue weighted by atomic mass is 35.5. The number of halogens is 1. The van der Waals surface area contributed by atoms with E-state index < -0.39 is 0 Å². The summed E-state index contributed by atoms with van der Waals surface area (Å²) in [6, 6.07) is 4.07. The maximum atomic E-state index is 6.27. The van der Waals surface area contributed by atoms with Crippen molar-refractivity contribution in [2.24, 2.45) is 0 Å². The predicted molar refractivity (Wildman–Crippen MR) is 88.1 cm³/mol. The number of benzene rings is 1. The molecule has 0 saturated heterocycles. The SMILES string of the molecule is CCC(C)(C)NCCOc1cc(C(C)C)c(Cl)cc1C. The summed E-state index contributed by atoms with van der Waals surface area (Å²) in [6.45, 7) is 14.4. The number of nitrogens with one attached hydrogen (secondary N) is 1.